The summed E-state index contributed by atoms with van der Waals surface area (Å²) in [4.78, 5) is 12.4. The predicted octanol–water partition coefficient (Wildman–Crippen LogP) is 3.30. The number of rotatable bonds is 3. The quantitative estimate of drug-likeness (QED) is 0.681. The molecule has 0 fully saturated rings. The van der Waals surface area contributed by atoms with Gasteiger partial charge in [0.2, 0.25) is 0 Å². The Hall–Kier alpha value is -1.72. The molecule has 6 heteroatoms. The van der Waals surface area contributed by atoms with E-state index in [4.69, 9.17) is 11.6 Å². The highest BCUT2D eigenvalue weighted by atomic mass is 35.5. The van der Waals surface area contributed by atoms with Gasteiger partial charge in [-0.3, -0.25) is 4.79 Å². The first kappa shape index (κ1) is 12.7. The van der Waals surface area contributed by atoms with Crippen molar-refractivity contribution in [2.45, 2.75) is 0 Å². The number of halogens is 2. The van der Waals surface area contributed by atoms with E-state index >= 15 is 0 Å². The maximum atomic E-state index is 12.9. The molecule has 92 valence electrons. The minimum atomic E-state index is -0.464. The summed E-state index contributed by atoms with van der Waals surface area (Å²) >= 11 is 7.09. The molecule has 1 N–H and O–H groups in total. The first-order valence-corrected chi connectivity index (χ1v) is 6.19. The van der Waals surface area contributed by atoms with Crippen LogP contribution < -0.4 is 5.43 Å². The van der Waals surface area contributed by atoms with E-state index in [-0.39, 0.29) is 5.56 Å². The van der Waals surface area contributed by atoms with E-state index in [1.807, 2.05) is 0 Å². The van der Waals surface area contributed by atoms with E-state index in [0.29, 0.717) is 4.34 Å². The van der Waals surface area contributed by atoms with Gasteiger partial charge in [-0.25, -0.2) is 9.82 Å². The number of amides is 1. The number of carbonyl (C=O) groups excluding carboxylic acids is 1. The Bertz CT molecular complexity index is 597. The topological polar surface area (TPSA) is 41.5 Å². The summed E-state index contributed by atoms with van der Waals surface area (Å²) in [7, 11) is 0. The van der Waals surface area contributed by atoms with Gasteiger partial charge >= 0.3 is 0 Å². The van der Waals surface area contributed by atoms with Crippen molar-refractivity contribution in [3.05, 3.63) is 57.0 Å². The van der Waals surface area contributed by atoms with Crippen LogP contribution in [0.25, 0.3) is 0 Å². The zero-order valence-corrected chi connectivity index (χ0v) is 10.6. The highest BCUT2D eigenvalue weighted by Crippen LogP contribution is 2.19. The van der Waals surface area contributed by atoms with E-state index in [0.717, 1.165) is 10.9 Å². The molecule has 1 heterocycles. The second-order valence-corrected chi connectivity index (χ2v) is 5.10. The van der Waals surface area contributed by atoms with Crippen molar-refractivity contribution < 1.29 is 9.18 Å². The number of carbonyl (C=O) groups is 1. The Balaban J connectivity index is 1.98. The molecule has 1 aromatic carbocycles. The van der Waals surface area contributed by atoms with Crippen LogP contribution in [0.5, 0.6) is 0 Å². The molecule has 0 atom stereocenters. The number of hydrogen-bond acceptors (Lipinski definition) is 3. The molecule has 0 radical (unpaired) electrons. The van der Waals surface area contributed by atoms with E-state index in [2.05, 4.69) is 10.5 Å². The number of hydrazone groups is 1. The van der Waals surface area contributed by atoms with Crippen LogP contribution in [0, 0.1) is 5.82 Å². The largest absolute Gasteiger partial charge is 0.271 e. The van der Waals surface area contributed by atoms with E-state index in [9.17, 15) is 9.18 Å². The minimum Gasteiger partial charge on any atom is -0.267 e. The van der Waals surface area contributed by atoms with Crippen molar-refractivity contribution in [3.8, 4) is 0 Å². The SMILES string of the molecule is O=C(N/N=C/c1ccc(Cl)s1)c1cccc(F)c1. The van der Waals surface area contributed by atoms with Gasteiger partial charge in [-0.1, -0.05) is 17.7 Å². The number of benzene rings is 1. The van der Waals surface area contributed by atoms with Gasteiger partial charge < -0.3 is 0 Å². The fourth-order valence-corrected chi connectivity index (χ4v) is 2.18. The second kappa shape index (κ2) is 5.75. The van der Waals surface area contributed by atoms with Crippen LogP contribution in [0.3, 0.4) is 0 Å². The smallest absolute Gasteiger partial charge is 0.267 e. The molecule has 3 nitrogen and oxygen atoms in total. The van der Waals surface area contributed by atoms with Crippen LogP contribution in [0.2, 0.25) is 4.34 Å². The highest BCUT2D eigenvalue weighted by molar-refractivity contribution is 7.17. The average molecular weight is 283 g/mol. The van der Waals surface area contributed by atoms with Crippen LogP contribution in [0.1, 0.15) is 15.2 Å². The molecular formula is C12H8ClFN2OS. The van der Waals surface area contributed by atoms with Gasteiger partial charge in [0.25, 0.3) is 5.91 Å². The molecule has 0 bridgehead atoms. The Morgan fingerprint density at radius 3 is 2.89 bits per heavy atom. The van der Waals surface area contributed by atoms with Crippen LogP contribution in [-0.2, 0) is 0 Å². The standard InChI is InChI=1S/C12H8ClFN2OS/c13-11-5-4-10(18-11)7-15-16-12(17)8-2-1-3-9(14)6-8/h1-7H,(H,16,17)/b15-7+. The van der Waals surface area contributed by atoms with Gasteiger partial charge in [0.15, 0.2) is 0 Å². The number of thiophene rings is 1. The van der Waals surface area contributed by atoms with E-state index < -0.39 is 11.7 Å². The summed E-state index contributed by atoms with van der Waals surface area (Å²) in [6.07, 6.45) is 1.48. The summed E-state index contributed by atoms with van der Waals surface area (Å²) in [6, 6.07) is 8.91. The third kappa shape index (κ3) is 3.38. The van der Waals surface area contributed by atoms with Gasteiger partial charge in [0.05, 0.1) is 10.6 Å². The van der Waals surface area contributed by atoms with Crippen LogP contribution in [-0.4, -0.2) is 12.1 Å². The first-order chi connectivity index (χ1) is 8.65. The van der Waals surface area contributed by atoms with Gasteiger partial charge in [-0.15, -0.1) is 11.3 Å². The normalized spacial score (nSPS) is 10.8. The van der Waals surface area contributed by atoms with Gasteiger partial charge in [0.1, 0.15) is 5.82 Å². The zero-order chi connectivity index (χ0) is 13.0. The summed E-state index contributed by atoms with van der Waals surface area (Å²) in [6.45, 7) is 0. The molecular weight excluding hydrogens is 275 g/mol. The molecule has 0 aliphatic heterocycles. The molecule has 1 aromatic heterocycles. The van der Waals surface area contributed by atoms with Crippen LogP contribution in [0.15, 0.2) is 41.5 Å². The zero-order valence-electron chi connectivity index (χ0n) is 9.06. The minimum absolute atomic E-state index is 0.219. The van der Waals surface area contributed by atoms with Crippen LogP contribution in [0.4, 0.5) is 4.39 Å². The molecule has 1 amide bonds. The fourth-order valence-electron chi connectivity index (χ4n) is 1.25. The number of hydrogen-bond donors (Lipinski definition) is 1. The maximum Gasteiger partial charge on any atom is 0.271 e. The van der Waals surface area contributed by atoms with Gasteiger partial charge in [0, 0.05) is 10.4 Å². The average Bonchev–Trinajstić information content (AvgIpc) is 2.75. The highest BCUT2D eigenvalue weighted by Gasteiger charge is 2.04. The first-order valence-electron chi connectivity index (χ1n) is 4.99. The molecule has 0 spiro atoms. The Morgan fingerprint density at radius 2 is 2.22 bits per heavy atom. The molecule has 0 saturated heterocycles. The molecule has 0 aliphatic rings. The van der Waals surface area contributed by atoms with Gasteiger partial charge in [-0.2, -0.15) is 5.10 Å². The lowest BCUT2D eigenvalue weighted by Gasteiger charge is -1.98. The summed E-state index contributed by atoms with van der Waals surface area (Å²) in [5.74, 6) is -0.926. The van der Waals surface area contributed by atoms with Crippen molar-refractivity contribution in [2.75, 3.05) is 0 Å². The van der Waals surface area contributed by atoms with Crippen molar-refractivity contribution in [1.82, 2.24) is 5.43 Å². The molecule has 0 unspecified atom stereocenters. The van der Waals surface area contributed by atoms with Crippen molar-refractivity contribution in [3.63, 3.8) is 0 Å². The van der Waals surface area contributed by atoms with Crippen molar-refractivity contribution >= 4 is 35.1 Å². The Labute approximate surface area is 112 Å². The van der Waals surface area contributed by atoms with Crippen molar-refractivity contribution in [2.24, 2.45) is 5.10 Å². The monoisotopic (exact) mass is 282 g/mol. The summed E-state index contributed by atoms with van der Waals surface area (Å²) in [5.41, 5.74) is 2.53. The molecule has 2 aromatic rings. The molecule has 0 saturated carbocycles. The lowest BCUT2D eigenvalue weighted by Crippen LogP contribution is -2.17. The maximum absolute atomic E-state index is 12.9. The van der Waals surface area contributed by atoms with Gasteiger partial charge in [-0.05, 0) is 30.3 Å². The van der Waals surface area contributed by atoms with E-state index in [1.54, 1.807) is 12.1 Å². The molecule has 0 aliphatic carbocycles. The third-order valence-electron chi connectivity index (χ3n) is 2.04. The second-order valence-electron chi connectivity index (χ2n) is 3.35. The van der Waals surface area contributed by atoms with Crippen LogP contribution >= 0.6 is 22.9 Å². The molecule has 18 heavy (non-hydrogen) atoms. The number of nitrogens with one attached hydrogen (secondary N) is 1. The Kier molecular flexibility index (Phi) is 4.07. The predicted molar refractivity (Wildman–Crippen MR) is 70.8 cm³/mol. The van der Waals surface area contributed by atoms with E-state index in [1.165, 1.54) is 35.8 Å². The summed E-state index contributed by atoms with van der Waals surface area (Å²) in [5, 5.41) is 3.77. The lowest BCUT2D eigenvalue weighted by atomic mass is 10.2. The van der Waals surface area contributed by atoms with Crippen molar-refractivity contribution in [1.29, 1.82) is 0 Å². The number of nitrogens with zero attached hydrogens (tertiary/aromatic N) is 1. The lowest BCUT2D eigenvalue weighted by molar-refractivity contribution is 0.0954. The fraction of sp³-hybridized carbons (Fsp3) is 0. The summed E-state index contributed by atoms with van der Waals surface area (Å²) < 4.78 is 13.5. The Morgan fingerprint density at radius 1 is 1.39 bits per heavy atom. The third-order valence-corrected chi connectivity index (χ3v) is 3.20. The molecule has 2 rings (SSSR count).